The summed E-state index contributed by atoms with van der Waals surface area (Å²) in [5.74, 6) is 0.909. The van der Waals surface area contributed by atoms with Gasteiger partial charge in [0.1, 0.15) is 11.5 Å². The molecule has 3 saturated heterocycles. The Kier molecular flexibility index (Phi) is 4.69. The normalized spacial score (nSPS) is 21.3. The van der Waals surface area contributed by atoms with E-state index in [0.717, 1.165) is 30.7 Å². The standard InChI is InChI=1S/C22H28N6O2S/c1-22(2,3)12-28-17-7-8-18(24-19(17)25(4)21(28)30)26-9-15-6-5-14(26)10-27(15)20(29)16-11-31-13-23-16/h7-8,11,13-15H,5-6,9-10,12H2,1-4H3. The van der Waals surface area contributed by atoms with Crippen LogP contribution in [0.1, 0.15) is 44.1 Å². The number of rotatable bonds is 3. The fourth-order valence-electron chi connectivity index (χ4n) is 4.87. The number of nitrogens with zero attached hydrogens (tertiary/aromatic N) is 6. The zero-order chi connectivity index (χ0) is 21.9. The van der Waals surface area contributed by atoms with Gasteiger partial charge in [-0.15, -0.1) is 11.3 Å². The number of piperidine rings is 2. The SMILES string of the molecule is Cn1c(=O)n(CC(C)(C)C)c2ccc(N3CC4CCC3CN4C(=O)c3cscn3)nc21. The summed E-state index contributed by atoms with van der Waals surface area (Å²) in [6.07, 6.45) is 2.04. The first-order valence-corrected chi connectivity index (χ1v) is 11.7. The molecule has 3 fully saturated rings. The summed E-state index contributed by atoms with van der Waals surface area (Å²) in [4.78, 5) is 39.1. The molecule has 3 aromatic heterocycles. The second-order valence-corrected chi connectivity index (χ2v) is 10.6. The number of fused-ring (bicyclic) bond motifs is 4. The van der Waals surface area contributed by atoms with Crippen molar-refractivity contribution in [3.05, 3.63) is 39.2 Å². The van der Waals surface area contributed by atoms with Gasteiger partial charge in [0.15, 0.2) is 5.65 Å². The Balaban J connectivity index is 1.44. The minimum Gasteiger partial charge on any atom is -0.350 e. The molecule has 164 valence electrons. The maximum absolute atomic E-state index is 12.9. The molecule has 2 atom stereocenters. The lowest BCUT2D eigenvalue weighted by atomic mass is 9.90. The monoisotopic (exact) mass is 440 g/mol. The Labute approximate surface area is 185 Å². The van der Waals surface area contributed by atoms with E-state index in [2.05, 4.69) is 30.7 Å². The molecule has 0 saturated carbocycles. The topological polar surface area (TPSA) is 76.3 Å². The highest BCUT2D eigenvalue weighted by atomic mass is 32.1. The Morgan fingerprint density at radius 1 is 1.19 bits per heavy atom. The number of aromatic nitrogens is 4. The second kappa shape index (κ2) is 7.19. The number of carbonyl (C=O) groups is 1. The summed E-state index contributed by atoms with van der Waals surface area (Å²) in [7, 11) is 1.79. The lowest BCUT2D eigenvalue weighted by molar-refractivity contribution is 0.0499. The Hall–Kier alpha value is -2.68. The van der Waals surface area contributed by atoms with E-state index in [9.17, 15) is 9.59 Å². The van der Waals surface area contributed by atoms with Crippen LogP contribution >= 0.6 is 11.3 Å². The van der Waals surface area contributed by atoms with Gasteiger partial charge in [-0.1, -0.05) is 20.8 Å². The van der Waals surface area contributed by atoms with Crippen molar-refractivity contribution < 1.29 is 4.79 Å². The molecule has 6 heterocycles. The molecule has 6 rings (SSSR count). The first kappa shape index (κ1) is 20.2. The van der Waals surface area contributed by atoms with Crippen LogP contribution < -0.4 is 10.6 Å². The molecule has 0 aromatic carbocycles. The van der Waals surface area contributed by atoms with Gasteiger partial charge in [-0.05, 0) is 30.4 Å². The number of amides is 1. The van der Waals surface area contributed by atoms with E-state index >= 15 is 0 Å². The Morgan fingerprint density at radius 3 is 2.61 bits per heavy atom. The third-order valence-corrected chi connectivity index (χ3v) is 6.92. The summed E-state index contributed by atoms with van der Waals surface area (Å²) in [5, 5.41) is 1.82. The second-order valence-electron chi connectivity index (χ2n) is 9.87. The molecule has 1 amide bonds. The molecule has 9 heteroatoms. The lowest BCUT2D eigenvalue weighted by Gasteiger charge is -2.51. The van der Waals surface area contributed by atoms with Crippen molar-refractivity contribution in [2.45, 2.75) is 52.2 Å². The number of carbonyl (C=O) groups excluding carboxylic acids is 1. The summed E-state index contributed by atoms with van der Waals surface area (Å²) in [6, 6.07) is 4.43. The van der Waals surface area contributed by atoms with Crippen molar-refractivity contribution in [3.8, 4) is 0 Å². The molecular weight excluding hydrogens is 412 g/mol. The van der Waals surface area contributed by atoms with Crippen LogP contribution in [0.3, 0.4) is 0 Å². The Bertz CT molecular complexity index is 1190. The number of imidazole rings is 1. The van der Waals surface area contributed by atoms with Crippen LogP contribution in [0.5, 0.6) is 0 Å². The van der Waals surface area contributed by atoms with E-state index in [1.165, 1.54) is 11.3 Å². The average Bonchev–Trinajstić information content (AvgIpc) is 3.36. The molecule has 0 radical (unpaired) electrons. The molecule has 2 bridgehead atoms. The van der Waals surface area contributed by atoms with E-state index in [0.29, 0.717) is 24.4 Å². The van der Waals surface area contributed by atoms with Gasteiger partial charge in [-0.2, -0.15) is 0 Å². The van der Waals surface area contributed by atoms with Crippen molar-refractivity contribution in [1.82, 2.24) is 24.0 Å². The van der Waals surface area contributed by atoms with Crippen molar-refractivity contribution in [1.29, 1.82) is 0 Å². The average molecular weight is 441 g/mol. The third kappa shape index (κ3) is 3.44. The van der Waals surface area contributed by atoms with E-state index in [4.69, 9.17) is 4.98 Å². The number of thiazole rings is 1. The van der Waals surface area contributed by atoms with Crippen LogP contribution in [0.15, 0.2) is 27.8 Å². The molecule has 0 aliphatic carbocycles. The molecule has 3 aliphatic heterocycles. The molecule has 0 N–H and O–H groups in total. The summed E-state index contributed by atoms with van der Waals surface area (Å²) < 4.78 is 3.47. The molecule has 2 unspecified atom stereocenters. The fraction of sp³-hybridized carbons (Fsp3) is 0.545. The number of pyridine rings is 1. The van der Waals surface area contributed by atoms with E-state index in [1.807, 2.05) is 27.0 Å². The number of hydrogen-bond acceptors (Lipinski definition) is 6. The quantitative estimate of drug-likeness (QED) is 0.626. The molecule has 3 aliphatic rings. The number of hydrogen-bond donors (Lipinski definition) is 0. The van der Waals surface area contributed by atoms with E-state index < -0.39 is 0 Å². The van der Waals surface area contributed by atoms with Crippen molar-refractivity contribution in [2.75, 3.05) is 18.0 Å². The van der Waals surface area contributed by atoms with Gasteiger partial charge < -0.3 is 9.80 Å². The van der Waals surface area contributed by atoms with Crippen molar-refractivity contribution >= 4 is 34.2 Å². The van der Waals surface area contributed by atoms with Gasteiger partial charge in [0, 0.05) is 44.1 Å². The molecule has 0 spiro atoms. The summed E-state index contributed by atoms with van der Waals surface area (Å²) >= 11 is 1.45. The van der Waals surface area contributed by atoms with Crippen LogP contribution in [0, 0.1) is 5.41 Å². The Morgan fingerprint density at radius 2 is 1.97 bits per heavy atom. The first-order valence-electron chi connectivity index (χ1n) is 10.7. The van der Waals surface area contributed by atoms with Gasteiger partial charge >= 0.3 is 5.69 Å². The minimum absolute atomic E-state index is 0.00386. The predicted octanol–water partition coefficient (Wildman–Crippen LogP) is 2.73. The van der Waals surface area contributed by atoms with E-state index in [-0.39, 0.29) is 29.1 Å². The van der Waals surface area contributed by atoms with Crippen LogP contribution in [0.2, 0.25) is 0 Å². The number of anilines is 1. The number of aryl methyl sites for hydroxylation is 1. The molecule has 8 nitrogen and oxygen atoms in total. The van der Waals surface area contributed by atoms with Crippen LogP contribution in [-0.2, 0) is 13.6 Å². The van der Waals surface area contributed by atoms with Gasteiger partial charge in [-0.25, -0.2) is 14.8 Å². The fourth-order valence-corrected chi connectivity index (χ4v) is 5.40. The van der Waals surface area contributed by atoms with E-state index in [1.54, 1.807) is 17.1 Å². The highest BCUT2D eigenvalue weighted by Gasteiger charge is 2.42. The van der Waals surface area contributed by atoms with Gasteiger partial charge in [-0.3, -0.25) is 13.9 Å². The van der Waals surface area contributed by atoms with Crippen LogP contribution in [0.25, 0.3) is 11.2 Å². The summed E-state index contributed by atoms with van der Waals surface area (Å²) in [6.45, 7) is 8.47. The molecular formula is C22H28N6O2S. The summed E-state index contributed by atoms with van der Waals surface area (Å²) in [5.41, 5.74) is 3.79. The zero-order valence-electron chi connectivity index (χ0n) is 18.4. The smallest absolute Gasteiger partial charge is 0.330 e. The van der Waals surface area contributed by atoms with Crippen LogP contribution in [-0.4, -0.2) is 55.1 Å². The van der Waals surface area contributed by atoms with Gasteiger partial charge in [0.2, 0.25) is 0 Å². The predicted molar refractivity (Wildman–Crippen MR) is 122 cm³/mol. The molecule has 31 heavy (non-hydrogen) atoms. The maximum Gasteiger partial charge on any atom is 0.330 e. The highest BCUT2D eigenvalue weighted by Crippen LogP contribution is 2.33. The number of piperazine rings is 1. The third-order valence-electron chi connectivity index (χ3n) is 6.33. The lowest BCUT2D eigenvalue weighted by Crippen LogP contribution is -2.64. The van der Waals surface area contributed by atoms with Gasteiger partial charge in [0.05, 0.1) is 11.0 Å². The zero-order valence-corrected chi connectivity index (χ0v) is 19.2. The first-order chi connectivity index (χ1) is 14.7. The minimum atomic E-state index is -0.0326. The molecule has 3 aromatic rings. The van der Waals surface area contributed by atoms with Gasteiger partial charge in [0.25, 0.3) is 5.91 Å². The van der Waals surface area contributed by atoms with Crippen molar-refractivity contribution in [3.63, 3.8) is 0 Å². The van der Waals surface area contributed by atoms with Crippen molar-refractivity contribution in [2.24, 2.45) is 12.5 Å². The highest BCUT2D eigenvalue weighted by molar-refractivity contribution is 7.07. The largest absolute Gasteiger partial charge is 0.350 e. The van der Waals surface area contributed by atoms with Crippen LogP contribution in [0.4, 0.5) is 5.82 Å². The maximum atomic E-state index is 12.9.